The van der Waals surface area contributed by atoms with Gasteiger partial charge in [-0.1, -0.05) is 6.92 Å². The summed E-state index contributed by atoms with van der Waals surface area (Å²) in [4.78, 5) is 17.5. The summed E-state index contributed by atoms with van der Waals surface area (Å²) in [6.45, 7) is 11.2. The minimum Gasteiger partial charge on any atom is -0.368 e. The molecule has 3 N–H and O–H groups in total. The third kappa shape index (κ3) is 3.93. The van der Waals surface area contributed by atoms with Crippen molar-refractivity contribution in [3.8, 4) is 0 Å². The maximum absolute atomic E-state index is 5.80. The van der Waals surface area contributed by atoms with Crippen molar-refractivity contribution in [1.29, 1.82) is 0 Å². The Bertz CT molecular complexity index is 447. The van der Waals surface area contributed by atoms with E-state index in [9.17, 15) is 0 Å². The Morgan fingerprint density at radius 2 is 2.00 bits per heavy atom. The number of hydrogen-bond donors (Lipinski definition) is 2. The van der Waals surface area contributed by atoms with Gasteiger partial charge < -0.3 is 16.0 Å². The maximum atomic E-state index is 5.80. The van der Waals surface area contributed by atoms with Gasteiger partial charge in [-0.15, -0.1) is 0 Å². The lowest BCUT2D eigenvalue weighted by Crippen LogP contribution is -2.35. The molecule has 1 atom stereocenters. The van der Waals surface area contributed by atoms with E-state index in [4.69, 9.17) is 5.73 Å². The van der Waals surface area contributed by atoms with Crippen molar-refractivity contribution in [2.24, 2.45) is 0 Å². The first-order chi connectivity index (χ1) is 10.2. The van der Waals surface area contributed by atoms with Gasteiger partial charge in [0.15, 0.2) is 0 Å². The standard InChI is InChI=1S/C14H27N7/c1-4-20(5-2)14-18-12(15)17-13(19-14)16-10-11-8-7-9-21(11)6-3/h11H,4-10H2,1-3H3,(H3,15,16,17,18,19). The number of hydrogen-bond acceptors (Lipinski definition) is 7. The normalized spacial score (nSPS) is 18.9. The van der Waals surface area contributed by atoms with Crippen LogP contribution in [0.15, 0.2) is 0 Å². The fraction of sp³-hybridized carbons (Fsp3) is 0.786. The lowest BCUT2D eigenvalue weighted by molar-refractivity contribution is 0.277. The van der Waals surface area contributed by atoms with Gasteiger partial charge in [-0.3, -0.25) is 4.90 Å². The van der Waals surface area contributed by atoms with Gasteiger partial charge >= 0.3 is 0 Å². The predicted octanol–water partition coefficient (Wildman–Crippen LogP) is 1.20. The topological polar surface area (TPSA) is 83.2 Å². The van der Waals surface area contributed by atoms with Gasteiger partial charge in [0.05, 0.1) is 0 Å². The highest BCUT2D eigenvalue weighted by molar-refractivity contribution is 5.41. The quantitative estimate of drug-likeness (QED) is 0.781. The molecular weight excluding hydrogens is 266 g/mol. The highest BCUT2D eigenvalue weighted by Crippen LogP contribution is 2.17. The molecule has 2 rings (SSSR count). The van der Waals surface area contributed by atoms with Crippen molar-refractivity contribution in [3.05, 3.63) is 0 Å². The largest absolute Gasteiger partial charge is 0.368 e. The number of nitrogen functional groups attached to an aromatic ring is 1. The van der Waals surface area contributed by atoms with Crippen LogP contribution < -0.4 is 16.0 Å². The number of nitrogens with two attached hydrogens (primary N) is 1. The Balaban J connectivity index is 2.02. The molecule has 0 bridgehead atoms. The predicted molar refractivity (Wildman–Crippen MR) is 86.6 cm³/mol. The van der Waals surface area contributed by atoms with Crippen LogP contribution in [-0.4, -0.2) is 58.6 Å². The Morgan fingerprint density at radius 3 is 2.67 bits per heavy atom. The van der Waals surface area contributed by atoms with Crippen molar-refractivity contribution in [2.75, 3.05) is 48.7 Å². The number of likely N-dealkylation sites (N-methyl/N-ethyl adjacent to an activating group) is 1. The molecule has 1 aliphatic rings. The van der Waals surface area contributed by atoms with E-state index in [1.165, 1.54) is 19.4 Å². The highest BCUT2D eigenvalue weighted by atomic mass is 15.3. The summed E-state index contributed by atoms with van der Waals surface area (Å²) in [7, 11) is 0. The van der Waals surface area contributed by atoms with Gasteiger partial charge in [0.1, 0.15) is 0 Å². The molecule has 0 saturated carbocycles. The number of nitrogens with one attached hydrogen (secondary N) is 1. The van der Waals surface area contributed by atoms with Crippen molar-refractivity contribution in [3.63, 3.8) is 0 Å². The molecule has 118 valence electrons. The third-order valence-electron chi connectivity index (χ3n) is 4.09. The fourth-order valence-corrected chi connectivity index (χ4v) is 2.86. The van der Waals surface area contributed by atoms with Crippen LogP contribution in [0.2, 0.25) is 0 Å². The Labute approximate surface area is 127 Å². The second-order valence-corrected chi connectivity index (χ2v) is 5.30. The average Bonchev–Trinajstić information content (AvgIpc) is 2.93. The van der Waals surface area contributed by atoms with Crippen molar-refractivity contribution in [2.45, 2.75) is 39.7 Å². The Kier molecular flexibility index (Phi) is 5.55. The van der Waals surface area contributed by atoms with Crippen LogP contribution >= 0.6 is 0 Å². The molecule has 0 aliphatic carbocycles. The minimum absolute atomic E-state index is 0.271. The molecule has 1 saturated heterocycles. The van der Waals surface area contributed by atoms with Crippen LogP contribution in [0.3, 0.4) is 0 Å². The second-order valence-electron chi connectivity index (χ2n) is 5.30. The van der Waals surface area contributed by atoms with Gasteiger partial charge in [0.2, 0.25) is 17.8 Å². The van der Waals surface area contributed by atoms with E-state index in [1.807, 2.05) is 0 Å². The van der Waals surface area contributed by atoms with E-state index >= 15 is 0 Å². The van der Waals surface area contributed by atoms with Crippen LogP contribution in [0, 0.1) is 0 Å². The van der Waals surface area contributed by atoms with Crippen LogP contribution in [0.4, 0.5) is 17.8 Å². The lowest BCUT2D eigenvalue weighted by Gasteiger charge is -2.23. The Hall–Kier alpha value is -1.63. The molecule has 1 unspecified atom stereocenters. The van der Waals surface area contributed by atoms with Gasteiger partial charge in [0, 0.05) is 25.7 Å². The van der Waals surface area contributed by atoms with Gasteiger partial charge in [0.25, 0.3) is 0 Å². The zero-order valence-electron chi connectivity index (χ0n) is 13.3. The number of nitrogens with zero attached hydrogens (tertiary/aromatic N) is 5. The molecular formula is C14H27N7. The molecule has 0 spiro atoms. The number of likely N-dealkylation sites (tertiary alicyclic amines) is 1. The number of aromatic nitrogens is 3. The highest BCUT2D eigenvalue weighted by Gasteiger charge is 2.22. The summed E-state index contributed by atoms with van der Waals surface area (Å²) in [6, 6.07) is 0.560. The summed E-state index contributed by atoms with van der Waals surface area (Å²) >= 11 is 0. The first kappa shape index (κ1) is 15.8. The summed E-state index contributed by atoms with van der Waals surface area (Å²) < 4.78 is 0. The van der Waals surface area contributed by atoms with E-state index in [1.54, 1.807) is 0 Å². The Morgan fingerprint density at radius 1 is 1.24 bits per heavy atom. The molecule has 2 heterocycles. The second kappa shape index (κ2) is 7.40. The van der Waals surface area contributed by atoms with Crippen LogP contribution in [0.25, 0.3) is 0 Å². The van der Waals surface area contributed by atoms with E-state index in [0.29, 0.717) is 17.9 Å². The van der Waals surface area contributed by atoms with Crippen LogP contribution in [0.5, 0.6) is 0 Å². The fourth-order valence-electron chi connectivity index (χ4n) is 2.86. The monoisotopic (exact) mass is 293 g/mol. The average molecular weight is 293 g/mol. The van der Waals surface area contributed by atoms with Gasteiger partial charge in [-0.05, 0) is 39.8 Å². The zero-order chi connectivity index (χ0) is 15.2. The maximum Gasteiger partial charge on any atom is 0.231 e. The summed E-state index contributed by atoms with van der Waals surface area (Å²) in [5.74, 6) is 1.49. The van der Waals surface area contributed by atoms with Crippen LogP contribution in [0.1, 0.15) is 33.6 Å². The van der Waals surface area contributed by atoms with Gasteiger partial charge in [-0.25, -0.2) is 0 Å². The minimum atomic E-state index is 0.271. The van der Waals surface area contributed by atoms with E-state index in [-0.39, 0.29) is 5.95 Å². The lowest BCUT2D eigenvalue weighted by atomic mass is 10.2. The summed E-state index contributed by atoms with van der Waals surface area (Å²) in [5, 5.41) is 3.32. The number of rotatable bonds is 7. The first-order valence-electron chi connectivity index (χ1n) is 7.92. The zero-order valence-corrected chi connectivity index (χ0v) is 13.3. The van der Waals surface area contributed by atoms with E-state index in [0.717, 1.165) is 26.2 Å². The smallest absolute Gasteiger partial charge is 0.231 e. The molecule has 0 aromatic carbocycles. The molecule has 1 aromatic heterocycles. The molecule has 21 heavy (non-hydrogen) atoms. The molecule has 0 amide bonds. The van der Waals surface area contributed by atoms with Crippen LogP contribution in [-0.2, 0) is 0 Å². The molecule has 7 nitrogen and oxygen atoms in total. The third-order valence-corrected chi connectivity index (χ3v) is 4.09. The SMILES string of the molecule is CCN(CC)c1nc(N)nc(NCC2CCCN2CC)n1. The van der Waals surface area contributed by atoms with Crippen molar-refractivity contribution < 1.29 is 0 Å². The van der Waals surface area contributed by atoms with Crippen molar-refractivity contribution in [1.82, 2.24) is 19.9 Å². The van der Waals surface area contributed by atoms with Crippen molar-refractivity contribution >= 4 is 17.8 Å². The first-order valence-corrected chi connectivity index (χ1v) is 7.92. The van der Waals surface area contributed by atoms with E-state index in [2.05, 4.69) is 50.8 Å². The molecule has 1 aliphatic heterocycles. The number of anilines is 3. The molecule has 1 aromatic rings. The van der Waals surface area contributed by atoms with Gasteiger partial charge in [-0.2, -0.15) is 15.0 Å². The molecule has 1 fully saturated rings. The molecule has 0 radical (unpaired) electrons. The molecule has 7 heteroatoms. The van der Waals surface area contributed by atoms with E-state index < -0.39 is 0 Å². The summed E-state index contributed by atoms with van der Waals surface area (Å²) in [5.41, 5.74) is 5.80. The summed E-state index contributed by atoms with van der Waals surface area (Å²) in [6.07, 6.45) is 2.49.